The van der Waals surface area contributed by atoms with Gasteiger partial charge in [-0.05, 0) is 18.6 Å². The maximum absolute atomic E-state index is 13.8. The minimum absolute atomic E-state index is 0. The van der Waals surface area contributed by atoms with Gasteiger partial charge in [-0.3, -0.25) is 4.99 Å². The number of halogens is 2. The minimum Gasteiger partial charge on any atom is -0.355 e. The molecule has 136 valence electrons. The van der Waals surface area contributed by atoms with Crippen molar-refractivity contribution in [2.75, 3.05) is 31.6 Å². The number of nitrogens with one attached hydrogen (secondary N) is 2. The Morgan fingerprint density at radius 2 is 2.32 bits per heavy atom. The Balaban J connectivity index is 0.00000225. The van der Waals surface area contributed by atoms with E-state index in [9.17, 15) is 4.39 Å². The van der Waals surface area contributed by atoms with Gasteiger partial charge in [-0.2, -0.15) is 0 Å². The van der Waals surface area contributed by atoms with Crippen LogP contribution in [0.5, 0.6) is 0 Å². The molecule has 1 fully saturated rings. The molecular weight excluding hydrogens is 436 g/mol. The Labute approximate surface area is 163 Å². The van der Waals surface area contributed by atoms with Gasteiger partial charge >= 0.3 is 0 Å². The Bertz CT molecular complexity index is 677. The zero-order valence-electron chi connectivity index (χ0n) is 14.1. The smallest absolute Gasteiger partial charge is 0.191 e. The second kappa shape index (κ2) is 9.54. The molecule has 0 spiro atoms. The first kappa shape index (κ1) is 19.4. The van der Waals surface area contributed by atoms with Crippen molar-refractivity contribution in [1.29, 1.82) is 0 Å². The Kier molecular flexibility index (Phi) is 7.41. The van der Waals surface area contributed by atoms with Crippen LogP contribution in [0.2, 0.25) is 0 Å². The molecule has 9 heteroatoms. The van der Waals surface area contributed by atoms with Crippen molar-refractivity contribution in [3.05, 3.63) is 42.9 Å². The van der Waals surface area contributed by atoms with Crippen LogP contribution in [0.1, 0.15) is 6.42 Å². The second-order valence-electron chi connectivity index (χ2n) is 5.68. The van der Waals surface area contributed by atoms with Crippen LogP contribution in [0, 0.1) is 5.82 Å². The monoisotopic (exact) mass is 459 g/mol. The predicted molar refractivity (Wildman–Crippen MR) is 107 cm³/mol. The Hall–Kier alpha value is -1.91. The minimum atomic E-state index is -0.277. The molecule has 0 aliphatic carbocycles. The average molecular weight is 459 g/mol. The molecule has 1 aliphatic rings. The summed E-state index contributed by atoms with van der Waals surface area (Å²) in [5.41, 5.74) is 0. The highest BCUT2D eigenvalue weighted by atomic mass is 127. The molecule has 0 aromatic carbocycles. The van der Waals surface area contributed by atoms with E-state index in [4.69, 9.17) is 0 Å². The van der Waals surface area contributed by atoms with E-state index in [1.54, 1.807) is 31.8 Å². The van der Waals surface area contributed by atoms with Gasteiger partial charge in [0.25, 0.3) is 0 Å². The van der Waals surface area contributed by atoms with Crippen LogP contribution in [0.3, 0.4) is 0 Å². The van der Waals surface area contributed by atoms with E-state index < -0.39 is 0 Å². The number of hydrogen-bond acceptors (Lipinski definition) is 4. The van der Waals surface area contributed by atoms with Gasteiger partial charge in [-0.25, -0.2) is 14.4 Å². The summed E-state index contributed by atoms with van der Waals surface area (Å²) in [6.07, 6.45) is 8.01. The van der Waals surface area contributed by atoms with Crippen LogP contribution < -0.4 is 15.5 Å². The number of hydrogen-bond donors (Lipinski definition) is 2. The third-order valence-corrected chi connectivity index (χ3v) is 4.01. The standard InChI is InChI=1S/C16H22FN7.HI/c1-18-16(21-7-10-23-9-6-19-12-23)22-13-4-8-24(11-13)15-14(17)3-2-5-20-15;/h2-3,5-6,9,12-13H,4,7-8,10-11H2,1H3,(H2,18,21,22);1H. The van der Waals surface area contributed by atoms with Crippen LogP contribution in [0.25, 0.3) is 0 Å². The zero-order valence-corrected chi connectivity index (χ0v) is 16.4. The molecule has 0 radical (unpaired) electrons. The molecule has 0 amide bonds. The summed E-state index contributed by atoms with van der Waals surface area (Å²) in [5.74, 6) is 0.898. The van der Waals surface area contributed by atoms with Crippen molar-refractivity contribution in [2.24, 2.45) is 4.99 Å². The number of imidazole rings is 1. The van der Waals surface area contributed by atoms with Crippen molar-refractivity contribution in [3.8, 4) is 0 Å². The summed E-state index contributed by atoms with van der Waals surface area (Å²) in [6, 6.07) is 3.27. The van der Waals surface area contributed by atoms with Gasteiger partial charge in [0.1, 0.15) is 0 Å². The van der Waals surface area contributed by atoms with E-state index in [-0.39, 0.29) is 35.8 Å². The first-order chi connectivity index (χ1) is 11.8. The summed E-state index contributed by atoms with van der Waals surface area (Å²) in [5, 5.41) is 6.67. The van der Waals surface area contributed by atoms with Gasteiger partial charge in [0.15, 0.2) is 17.6 Å². The molecule has 1 saturated heterocycles. The molecule has 3 rings (SSSR count). The van der Waals surface area contributed by atoms with Crippen LogP contribution in [-0.4, -0.2) is 53.2 Å². The quantitative estimate of drug-likeness (QED) is 0.403. The summed E-state index contributed by atoms with van der Waals surface area (Å²) < 4.78 is 15.8. The average Bonchev–Trinajstić information content (AvgIpc) is 3.26. The number of nitrogens with zero attached hydrogens (tertiary/aromatic N) is 5. The Morgan fingerprint density at radius 3 is 3.04 bits per heavy atom. The van der Waals surface area contributed by atoms with Crippen LogP contribution in [-0.2, 0) is 6.54 Å². The topological polar surface area (TPSA) is 70.4 Å². The van der Waals surface area contributed by atoms with Gasteiger partial charge in [-0.15, -0.1) is 24.0 Å². The molecule has 3 heterocycles. The number of guanidine groups is 1. The third kappa shape index (κ3) is 5.28. The molecule has 1 unspecified atom stereocenters. The van der Waals surface area contributed by atoms with Crippen LogP contribution >= 0.6 is 24.0 Å². The summed E-state index contributed by atoms with van der Waals surface area (Å²) in [4.78, 5) is 14.4. The summed E-state index contributed by atoms with van der Waals surface area (Å²) in [7, 11) is 1.75. The molecule has 7 nitrogen and oxygen atoms in total. The molecule has 0 saturated carbocycles. The van der Waals surface area contributed by atoms with E-state index in [0.717, 1.165) is 32.0 Å². The summed E-state index contributed by atoms with van der Waals surface area (Å²) in [6.45, 7) is 3.05. The van der Waals surface area contributed by atoms with Crippen molar-refractivity contribution in [2.45, 2.75) is 19.0 Å². The lowest BCUT2D eigenvalue weighted by molar-refractivity contribution is 0.610. The number of anilines is 1. The van der Waals surface area contributed by atoms with Crippen LogP contribution in [0.4, 0.5) is 10.2 Å². The molecule has 2 N–H and O–H groups in total. The van der Waals surface area contributed by atoms with Gasteiger partial charge in [0.05, 0.1) is 6.33 Å². The largest absolute Gasteiger partial charge is 0.355 e. The fraction of sp³-hybridized carbons (Fsp3) is 0.438. The highest BCUT2D eigenvalue weighted by Gasteiger charge is 2.25. The lowest BCUT2D eigenvalue weighted by atomic mass is 10.3. The molecule has 2 aromatic rings. The molecule has 2 aromatic heterocycles. The maximum Gasteiger partial charge on any atom is 0.191 e. The molecule has 25 heavy (non-hydrogen) atoms. The van der Waals surface area contributed by atoms with Crippen molar-refractivity contribution in [3.63, 3.8) is 0 Å². The number of aromatic nitrogens is 3. The van der Waals surface area contributed by atoms with E-state index in [2.05, 4.69) is 25.6 Å². The molecule has 1 aliphatic heterocycles. The van der Waals surface area contributed by atoms with Crippen LogP contribution in [0.15, 0.2) is 42.0 Å². The van der Waals surface area contributed by atoms with Crippen molar-refractivity contribution >= 4 is 35.8 Å². The SMILES string of the molecule is CN=C(NCCn1ccnc1)NC1CCN(c2ncccc2F)C1.I. The molecule has 0 bridgehead atoms. The van der Waals surface area contributed by atoms with E-state index in [1.807, 2.05) is 15.7 Å². The highest BCUT2D eigenvalue weighted by Crippen LogP contribution is 2.20. The number of aliphatic imine (C=N–C) groups is 1. The molecule has 1 atom stereocenters. The lowest BCUT2D eigenvalue weighted by Gasteiger charge is -2.20. The van der Waals surface area contributed by atoms with Gasteiger partial charge in [-0.1, -0.05) is 0 Å². The predicted octanol–water partition coefficient (Wildman–Crippen LogP) is 1.48. The first-order valence-corrected chi connectivity index (χ1v) is 8.04. The Morgan fingerprint density at radius 1 is 1.44 bits per heavy atom. The number of rotatable bonds is 5. The number of pyridine rings is 1. The van der Waals surface area contributed by atoms with Gasteiger partial charge in [0, 0.05) is 57.9 Å². The van der Waals surface area contributed by atoms with Gasteiger partial charge in [0.2, 0.25) is 0 Å². The third-order valence-electron chi connectivity index (χ3n) is 4.01. The normalized spacial score (nSPS) is 17.3. The highest BCUT2D eigenvalue weighted by molar-refractivity contribution is 14.0. The van der Waals surface area contributed by atoms with Crippen molar-refractivity contribution < 1.29 is 4.39 Å². The fourth-order valence-corrected chi connectivity index (χ4v) is 2.79. The molecular formula is C16H23FIN7. The fourth-order valence-electron chi connectivity index (χ4n) is 2.79. The van der Waals surface area contributed by atoms with E-state index in [0.29, 0.717) is 12.4 Å². The second-order valence-corrected chi connectivity index (χ2v) is 5.68. The van der Waals surface area contributed by atoms with Crippen molar-refractivity contribution in [1.82, 2.24) is 25.2 Å². The summed E-state index contributed by atoms with van der Waals surface area (Å²) >= 11 is 0. The zero-order chi connectivity index (χ0) is 16.8. The van der Waals surface area contributed by atoms with Gasteiger partial charge < -0.3 is 20.1 Å². The maximum atomic E-state index is 13.8. The lowest BCUT2D eigenvalue weighted by Crippen LogP contribution is -2.45. The van der Waals surface area contributed by atoms with E-state index >= 15 is 0 Å². The van der Waals surface area contributed by atoms with E-state index in [1.165, 1.54) is 6.07 Å². The first-order valence-electron chi connectivity index (χ1n) is 8.04.